The maximum atomic E-state index is 12.4. The minimum Gasteiger partial charge on any atom is -0.449 e. The van der Waals surface area contributed by atoms with Gasteiger partial charge in [0.2, 0.25) is 0 Å². The molecule has 5 rings (SSSR count). The van der Waals surface area contributed by atoms with Crippen LogP contribution in [0.4, 0.5) is 4.79 Å². The lowest BCUT2D eigenvalue weighted by molar-refractivity contribution is -0.0171. The summed E-state index contributed by atoms with van der Waals surface area (Å²) < 4.78 is 6.88. The summed E-state index contributed by atoms with van der Waals surface area (Å²) in [5.74, 6) is -0.00387. The average Bonchev–Trinajstić information content (AvgIpc) is 3.41. The molecule has 2 atom stereocenters. The van der Waals surface area contributed by atoms with Gasteiger partial charge in [-0.25, -0.2) is 9.59 Å². The first-order chi connectivity index (χ1) is 16.0. The topological polar surface area (TPSA) is 114 Å². The Hall–Kier alpha value is -3.69. The zero-order valence-corrected chi connectivity index (χ0v) is 18.0. The lowest BCUT2D eigenvalue weighted by atomic mass is 9.98. The third-order valence-corrected chi connectivity index (χ3v) is 6.15. The summed E-state index contributed by atoms with van der Waals surface area (Å²) in [6.07, 6.45) is 0.811. The number of benzene rings is 2. The van der Waals surface area contributed by atoms with Crippen LogP contribution in [0, 0.1) is 6.92 Å². The van der Waals surface area contributed by atoms with Gasteiger partial charge in [0.05, 0.1) is 6.04 Å². The van der Waals surface area contributed by atoms with Crippen LogP contribution in [-0.4, -0.2) is 34.8 Å². The van der Waals surface area contributed by atoms with Crippen LogP contribution in [0.15, 0.2) is 64.3 Å². The van der Waals surface area contributed by atoms with Crippen molar-refractivity contribution in [2.45, 2.75) is 31.5 Å². The number of nitrogens with one attached hydrogen (secondary N) is 3. The number of rotatable bonds is 5. The maximum absolute atomic E-state index is 12.4. The number of aryl methyl sites for hydroxylation is 1. The fourth-order valence-corrected chi connectivity index (χ4v) is 4.47. The van der Waals surface area contributed by atoms with Crippen molar-refractivity contribution in [3.63, 3.8) is 0 Å². The summed E-state index contributed by atoms with van der Waals surface area (Å²) in [5, 5.41) is 2.75. The molecule has 0 saturated carbocycles. The molecular weight excluding hydrogens is 424 g/mol. The van der Waals surface area contributed by atoms with Crippen LogP contribution < -0.4 is 22.0 Å². The molecule has 170 valence electrons. The fourth-order valence-electron chi connectivity index (χ4n) is 4.47. The predicted octanol–water partition coefficient (Wildman–Crippen LogP) is 2.18. The molecule has 0 radical (unpaired) electrons. The van der Waals surface area contributed by atoms with E-state index >= 15 is 0 Å². The molecule has 1 aliphatic heterocycles. The number of fused-ring (bicyclic) bond motifs is 3. The van der Waals surface area contributed by atoms with Crippen molar-refractivity contribution in [1.82, 2.24) is 20.3 Å². The molecule has 2 aliphatic rings. The average molecular weight is 448 g/mol. The molecule has 33 heavy (non-hydrogen) atoms. The second-order valence-corrected chi connectivity index (χ2v) is 8.31. The Labute approximate surface area is 189 Å². The van der Waals surface area contributed by atoms with Gasteiger partial charge >= 0.3 is 11.8 Å². The summed E-state index contributed by atoms with van der Waals surface area (Å²) in [5.41, 5.74) is 6.94. The van der Waals surface area contributed by atoms with Gasteiger partial charge in [0.1, 0.15) is 6.61 Å². The number of ether oxygens (including phenoxy) is 1. The molecule has 1 fully saturated rings. The first-order valence-corrected chi connectivity index (χ1v) is 10.8. The second kappa shape index (κ2) is 8.68. The van der Waals surface area contributed by atoms with Gasteiger partial charge in [-0.1, -0.05) is 48.5 Å². The van der Waals surface area contributed by atoms with Crippen LogP contribution in [-0.2, 0) is 9.57 Å². The van der Waals surface area contributed by atoms with E-state index in [9.17, 15) is 14.4 Å². The molecule has 1 aliphatic carbocycles. The number of carbonyl (C=O) groups excluding carboxylic acids is 1. The first-order valence-electron chi connectivity index (χ1n) is 10.8. The maximum Gasteiger partial charge on any atom is 0.407 e. The Bertz CT molecular complexity index is 1270. The van der Waals surface area contributed by atoms with E-state index < -0.39 is 23.6 Å². The lowest BCUT2D eigenvalue weighted by Crippen LogP contribution is -2.37. The third kappa shape index (κ3) is 4.08. The fraction of sp³-hybridized carbons (Fsp3) is 0.292. The molecule has 0 unspecified atom stereocenters. The van der Waals surface area contributed by atoms with Gasteiger partial charge in [-0.05, 0) is 29.2 Å². The van der Waals surface area contributed by atoms with Crippen molar-refractivity contribution in [2.75, 3.05) is 13.2 Å². The van der Waals surface area contributed by atoms with Crippen LogP contribution >= 0.6 is 0 Å². The van der Waals surface area contributed by atoms with Gasteiger partial charge in [-0.15, -0.1) is 0 Å². The molecule has 2 heterocycles. The molecule has 2 aromatic carbocycles. The van der Waals surface area contributed by atoms with Gasteiger partial charge in [-0.3, -0.25) is 19.2 Å². The van der Waals surface area contributed by atoms with E-state index in [-0.39, 0.29) is 25.1 Å². The van der Waals surface area contributed by atoms with E-state index in [0.717, 1.165) is 11.1 Å². The van der Waals surface area contributed by atoms with E-state index in [1.165, 1.54) is 21.9 Å². The standard InChI is InChI=1S/C24H24N4O5/c1-14-12-28(23(30)26-22(14)29)21-10-15(27-33-21)11-25-24(31)32-13-20-18-8-4-2-6-16(18)17-7-3-5-9-19(17)20/h2-9,12,15,20-21,27H,10-11,13H2,1H3,(H,25,31)(H,26,29,30)/t15-,21+/m0/s1. The highest BCUT2D eigenvalue weighted by Gasteiger charge is 2.30. The summed E-state index contributed by atoms with van der Waals surface area (Å²) in [6, 6.07) is 16.1. The summed E-state index contributed by atoms with van der Waals surface area (Å²) in [6.45, 7) is 2.13. The van der Waals surface area contributed by atoms with Crippen molar-refractivity contribution in [2.24, 2.45) is 0 Å². The van der Waals surface area contributed by atoms with Crippen molar-refractivity contribution >= 4 is 6.09 Å². The van der Waals surface area contributed by atoms with E-state index in [2.05, 4.69) is 40.0 Å². The van der Waals surface area contributed by atoms with Gasteiger partial charge in [0, 0.05) is 30.6 Å². The lowest BCUT2D eigenvalue weighted by Gasteiger charge is -2.15. The highest BCUT2D eigenvalue weighted by molar-refractivity contribution is 5.79. The van der Waals surface area contributed by atoms with Gasteiger partial charge in [0.15, 0.2) is 6.23 Å². The van der Waals surface area contributed by atoms with Crippen LogP contribution in [0.1, 0.15) is 35.3 Å². The Balaban J connectivity index is 1.16. The van der Waals surface area contributed by atoms with Gasteiger partial charge in [-0.2, -0.15) is 5.48 Å². The van der Waals surface area contributed by atoms with Crippen molar-refractivity contribution < 1.29 is 14.4 Å². The minimum atomic E-state index is -0.581. The van der Waals surface area contributed by atoms with Crippen LogP contribution in [0.2, 0.25) is 0 Å². The SMILES string of the molecule is Cc1cn([C@H]2C[C@@H](CNC(=O)OCC3c4ccccc4-c4ccccc43)NO2)c(=O)[nH]c1=O. The van der Waals surface area contributed by atoms with E-state index in [1.54, 1.807) is 6.92 Å². The molecule has 9 heteroatoms. The number of aromatic amines is 1. The molecule has 1 aromatic heterocycles. The number of H-pyrrole nitrogens is 1. The van der Waals surface area contributed by atoms with Crippen molar-refractivity contribution in [3.05, 3.63) is 92.3 Å². The largest absolute Gasteiger partial charge is 0.449 e. The molecule has 0 spiro atoms. The highest BCUT2D eigenvalue weighted by Crippen LogP contribution is 2.44. The molecule has 3 aromatic rings. The Morgan fingerprint density at radius 1 is 1.12 bits per heavy atom. The third-order valence-electron chi connectivity index (χ3n) is 6.15. The number of amides is 1. The summed E-state index contributed by atoms with van der Waals surface area (Å²) in [4.78, 5) is 43.7. The molecule has 3 N–H and O–H groups in total. The molecule has 1 amide bonds. The zero-order valence-electron chi connectivity index (χ0n) is 18.0. The number of hydrogen-bond acceptors (Lipinski definition) is 6. The number of aromatic nitrogens is 2. The Kier molecular flexibility index (Phi) is 5.57. The first kappa shape index (κ1) is 21.2. The van der Waals surface area contributed by atoms with Crippen LogP contribution in [0.3, 0.4) is 0 Å². The van der Waals surface area contributed by atoms with Crippen molar-refractivity contribution in [1.29, 1.82) is 0 Å². The second-order valence-electron chi connectivity index (χ2n) is 8.31. The molecular formula is C24H24N4O5. The molecule has 1 saturated heterocycles. The van der Waals surface area contributed by atoms with Gasteiger partial charge in [0.25, 0.3) is 5.56 Å². The Morgan fingerprint density at radius 3 is 2.48 bits per heavy atom. The highest BCUT2D eigenvalue weighted by atomic mass is 16.7. The summed E-state index contributed by atoms with van der Waals surface area (Å²) in [7, 11) is 0. The zero-order chi connectivity index (χ0) is 22.9. The van der Waals surface area contributed by atoms with Gasteiger partial charge < -0.3 is 10.1 Å². The van der Waals surface area contributed by atoms with E-state index in [0.29, 0.717) is 12.0 Å². The van der Waals surface area contributed by atoms with E-state index in [4.69, 9.17) is 9.57 Å². The number of carbonyl (C=O) groups is 1. The Morgan fingerprint density at radius 2 is 1.79 bits per heavy atom. The monoisotopic (exact) mass is 448 g/mol. The minimum absolute atomic E-state index is 0.00387. The molecule has 0 bridgehead atoms. The number of nitrogens with zero attached hydrogens (tertiary/aromatic N) is 1. The normalized spacial score (nSPS) is 19.2. The summed E-state index contributed by atoms with van der Waals surface area (Å²) >= 11 is 0. The van der Waals surface area contributed by atoms with Crippen molar-refractivity contribution in [3.8, 4) is 11.1 Å². The quantitative estimate of drug-likeness (QED) is 0.551. The number of hydroxylamine groups is 1. The predicted molar refractivity (Wildman–Crippen MR) is 121 cm³/mol. The number of alkyl carbamates (subject to hydrolysis) is 1. The number of hydrogen-bond donors (Lipinski definition) is 3. The van der Waals surface area contributed by atoms with E-state index in [1.807, 2.05) is 24.3 Å². The smallest absolute Gasteiger partial charge is 0.407 e. The van der Waals surface area contributed by atoms with Crippen LogP contribution in [0.5, 0.6) is 0 Å². The van der Waals surface area contributed by atoms with Crippen LogP contribution in [0.25, 0.3) is 11.1 Å². The molecule has 9 nitrogen and oxygen atoms in total.